The lowest BCUT2D eigenvalue weighted by molar-refractivity contribution is -0.128. The molecular formula is C26H36N6O. The summed E-state index contributed by atoms with van der Waals surface area (Å²) in [6, 6.07) is 4.34. The first-order valence-electron chi connectivity index (χ1n) is 12.8. The number of hydrogen-bond acceptors (Lipinski definition) is 5. The fourth-order valence-corrected chi connectivity index (χ4v) is 6.34. The number of amides is 1. The summed E-state index contributed by atoms with van der Waals surface area (Å²) in [5.41, 5.74) is 2.52. The first-order chi connectivity index (χ1) is 16.0. The predicted molar refractivity (Wildman–Crippen MR) is 127 cm³/mol. The van der Waals surface area contributed by atoms with Gasteiger partial charge in [0, 0.05) is 50.4 Å². The van der Waals surface area contributed by atoms with Crippen molar-refractivity contribution >= 4 is 16.9 Å². The van der Waals surface area contributed by atoms with E-state index in [1.807, 2.05) is 11.1 Å². The Morgan fingerprint density at radius 3 is 2.64 bits per heavy atom. The van der Waals surface area contributed by atoms with Gasteiger partial charge in [0.25, 0.3) is 0 Å². The molecule has 2 aliphatic heterocycles. The molecular weight excluding hydrogens is 412 g/mol. The Morgan fingerprint density at radius 1 is 1.18 bits per heavy atom. The number of fused-ring (bicyclic) bond motifs is 1. The van der Waals surface area contributed by atoms with Crippen LogP contribution in [-0.4, -0.2) is 56.4 Å². The number of likely N-dealkylation sites (tertiary alicyclic amines) is 2. The topological polar surface area (TPSA) is 78.1 Å². The van der Waals surface area contributed by atoms with Gasteiger partial charge in [-0.1, -0.05) is 32.1 Å². The first-order valence-corrected chi connectivity index (χ1v) is 12.8. The molecule has 1 spiro atoms. The van der Waals surface area contributed by atoms with Crippen molar-refractivity contribution in [1.82, 2.24) is 24.3 Å². The third-order valence-corrected chi connectivity index (χ3v) is 8.49. The molecule has 0 aromatic carbocycles. The molecule has 2 aromatic heterocycles. The second-order valence-electron chi connectivity index (χ2n) is 10.6. The maximum atomic E-state index is 11.8. The van der Waals surface area contributed by atoms with Crippen LogP contribution in [0.4, 0.5) is 0 Å². The summed E-state index contributed by atoms with van der Waals surface area (Å²) < 4.78 is 2.36. The van der Waals surface area contributed by atoms with E-state index in [0.717, 1.165) is 75.5 Å². The fourth-order valence-electron chi connectivity index (χ4n) is 6.34. The van der Waals surface area contributed by atoms with Gasteiger partial charge >= 0.3 is 0 Å². The van der Waals surface area contributed by atoms with Crippen LogP contribution >= 0.6 is 0 Å². The molecule has 5 rings (SSSR count). The van der Waals surface area contributed by atoms with Crippen molar-refractivity contribution in [3.63, 3.8) is 0 Å². The third-order valence-electron chi connectivity index (χ3n) is 8.49. The number of carbonyl (C=O) groups is 1. The summed E-state index contributed by atoms with van der Waals surface area (Å²) >= 11 is 0. The zero-order valence-electron chi connectivity index (χ0n) is 19.9. The van der Waals surface area contributed by atoms with Gasteiger partial charge in [-0.15, -0.1) is 0 Å². The standard InChI is InChI=1S/C26H36N6O/c1-20(33)31-14-10-26(19-31)8-12-30(13-9-26)18-23-15-22-17-28-24(16-27)29-25(22)32(23)11-7-21-5-3-2-4-6-21/h15,17,21H,2-14,18-19H2,1H3. The van der Waals surface area contributed by atoms with Crippen LogP contribution in [0.2, 0.25) is 0 Å². The predicted octanol–water partition coefficient (Wildman–Crippen LogP) is 4.11. The molecule has 0 radical (unpaired) electrons. The molecule has 0 unspecified atom stereocenters. The molecule has 3 aliphatic rings. The van der Waals surface area contributed by atoms with E-state index in [-0.39, 0.29) is 11.7 Å². The molecule has 0 atom stereocenters. The van der Waals surface area contributed by atoms with Gasteiger partial charge in [0.05, 0.1) is 0 Å². The van der Waals surface area contributed by atoms with Crippen molar-refractivity contribution in [3.8, 4) is 6.07 Å². The van der Waals surface area contributed by atoms with E-state index in [1.165, 1.54) is 44.2 Å². The van der Waals surface area contributed by atoms with Crippen LogP contribution in [0.25, 0.3) is 11.0 Å². The number of nitrogens with zero attached hydrogens (tertiary/aromatic N) is 6. The molecule has 33 heavy (non-hydrogen) atoms. The fraction of sp³-hybridized carbons (Fsp3) is 0.692. The van der Waals surface area contributed by atoms with Gasteiger partial charge in [-0.3, -0.25) is 9.69 Å². The monoisotopic (exact) mass is 448 g/mol. The van der Waals surface area contributed by atoms with Crippen LogP contribution in [0, 0.1) is 22.7 Å². The Bertz CT molecular complexity index is 1040. The van der Waals surface area contributed by atoms with Crippen LogP contribution < -0.4 is 0 Å². The summed E-state index contributed by atoms with van der Waals surface area (Å²) in [6.45, 7) is 7.58. The number of piperidine rings is 1. The molecule has 176 valence electrons. The smallest absolute Gasteiger partial charge is 0.234 e. The molecule has 1 amide bonds. The van der Waals surface area contributed by atoms with Crippen molar-refractivity contribution < 1.29 is 4.79 Å². The van der Waals surface area contributed by atoms with E-state index < -0.39 is 0 Å². The van der Waals surface area contributed by atoms with Crippen LogP contribution in [0.5, 0.6) is 0 Å². The van der Waals surface area contributed by atoms with E-state index in [0.29, 0.717) is 5.41 Å². The highest BCUT2D eigenvalue weighted by atomic mass is 16.2. The Hall–Kier alpha value is -2.46. The van der Waals surface area contributed by atoms with E-state index in [2.05, 4.69) is 31.6 Å². The zero-order valence-corrected chi connectivity index (χ0v) is 19.9. The minimum atomic E-state index is 0.217. The lowest BCUT2D eigenvalue weighted by Crippen LogP contribution is -2.42. The highest BCUT2D eigenvalue weighted by Gasteiger charge is 2.41. The maximum absolute atomic E-state index is 11.8. The van der Waals surface area contributed by atoms with E-state index in [9.17, 15) is 10.1 Å². The number of hydrogen-bond donors (Lipinski definition) is 0. The van der Waals surface area contributed by atoms with Crippen molar-refractivity contribution in [2.75, 3.05) is 26.2 Å². The van der Waals surface area contributed by atoms with Gasteiger partial charge in [-0.05, 0) is 56.2 Å². The second-order valence-corrected chi connectivity index (χ2v) is 10.6. The molecule has 4 heterocycles. The quantitative estimate of drug-likeness (QED) is 0.688. The lowest BCUT2D eigenvalue weighted by Gasteiger charge is -2.39. The van der Waals surface area contributed by atoms with Gasteiger partial charge in [0.1, 0.15) is 11.7 Å². The van der Waals surface area contributed by atoms with Crippen molar-refractivity contribution in [2.24, 2.45) is 11.3 Å². The first kappa shape index (κ1) is 22.3. The molecule has 0 bridgehead atoms. The highest BCUT2D eigenvalue weighted by Crippen LogP contribution is 2.40. The second kappa shape index (κ2) is 9.42. The summed E-state index contributed by atoms with van der Waals surface area (Å²) in [5, 5.41) is 10.4. The average molecular weight is 449 g/mol. The largest absolute Gasteiger partial charge is 0.342 e. The number of nitriles is 1. The Labute approximate surface area is 196 Å². The molecule has 1 aliphatic carbocycles. The molecule has 3 fully saturated rings. The minimum Gasteiger partial charge on any atom is -0.342 e. The van der Waals surface area contributed by atoms with E-state index in [4.69, 9.17) is 0 Å². The van der Waals surface area contributed by atoms with Crippen molar-refractivity contribution in [2.45, 2.75) is 77.8 Å². The normalized spacial score (nSPS) is 21.6. The van der Waals surface area contributed by atoms with Crippen LogP contribution in [0.1, 0.15) is 76.2 Å². The van der Waals surface area contributed by atoms with Crippen molar-refractivity contribution in [3.05, 3.63) is 23.8 Å². The Balaban J connectivity index is 1.30. The lowest BCUT2D eigenvalue weighted by atomic mass is 9.78. The third kappa shape index (κ3) is 4.77. The zero-order chi connectivity index (χ0) is 22.8. The number of aryl methyl sites for hydroxylation is 1. The van der Waals surface area contributed by atoms with Crippen LogP contribution in [0.15, 0.2) is 12.3 Å². The van der Waals surface area contributed by atoms with Gasteiger partial charge < -0.3 is 9.47 Å². The number of carbonyl (C=O) groups excluding carboxylic acids is 1. The Morgan fingerprint density at radius 2 is 1.94 bits per heavy atom. The van der Waals surface area contributed by atoms with Gasteiger partial charge in [0.2, 0.25) is 11.7 Å². The minimum absolute atomic E-state index is 0.217. The Kier molecular flexibility index (Phi) is 6.38. The number of rotatable bonds is 5. The molecule has 2 aromatic rings. The van der Waals surface area contributed by atoms with Gasteiger partial charge in [0.15, 0.2) is 0 Å². The van der Waals surface area contributed by atoms with Crippen molar-refractivity contribution in [1.29, 1.82) is 5.26 Å². The molecule has 2 saturated heterocycles. The molecule has 1 saturated carbocycles. The summed E-state index contributed by atoms with van der Waals surface area (Å²) in [7, 11) is 0. The summed E-state index contributed by atoms with van der Waals surface area (Å²) in [5.74, 6) is 1.28. The van der Waals surface area contributed by atoms with Gasteiger partial charge in [-0.2, -0.15) is 5.26 Å². The average Bonchev–Trinajstić information content (AvgIpc) is 3.41. The molecule has 7 nitrogen and oxygen atoms in total. The van der Waals surface area contributed by atoms with Crippen LogP contribution in [0.3, 0.4) is 0 Å². The summed E-state index contributed by atoms with van der Waals surface area (Å²) in [6.07, 6.45) is 13.3. The SMILES string of the molecule is CC(=O)N1CCC2(CCN(Cc3cc4cnc(C#N)nc4n3CCC3CCCCC3)CC2)C1. The van der Waals surface area contributed by atoms with E-state index in [1.54, 1.807) is 6.92 Å². The summed E-state index contributed by atoms with van der Waals surface area (Å²) in [4.78, 5) is 25.2. The maximum Gasteiger partial charge on any atom is 0.234 e. The van der Waals surface area contributed by atoms with Gasteiger partial charge in [-0.25, -0.2) is 9.97 Å². The van der Waals surface area contributed by atoms with Crippen LogP contribution in [-0.2, 0) is 17.9 Å². The molecule has 0 N–H and O–H groups in total. The highest BCUT2D eigenvalue weighted by molar-refractivity contribution is 5.77. The number of aromatic nitrogens is 3. The van der Waals surface area contributed by atoms with E-state index >= 15 is 0 Å². The molecule has 7 heteroatoms.